The number of carbonyl (C=O) groups is 1. The van der Waals surface area contributed by atoms with Gasteiger partial charge in [0.2, 0.25) is 0 Å². The summed E-state index contributed by atoms with van der Waals surface area (Å²) in [6.07, 6.45) is 4.18. The standard InChI is InChI=1S/C16H16N4O2/c17-8-10-5-14(19-9-10)16(22)20-15(11-6-12(21)7-11)13-3-1-2-4-18-13/h1-5,9,11-12,15,19,21H,6-7H2,(H,20,22)/t11?,12?,15-/m0/s1. The van der Waals surface area contributed by atoms with E-state index in [2.05, 4.69) is 15.3 Å². The molecule has 1 saturated carbocycles. The molecule has 2 heterocycles. The maximum atomic E-state index is 12.3. The van der Waals surface area contributed by atoms with Crippen LogP contribution in [0.15, 0.2) is 36.7 Å². The van der Waals surface area contributed by atoms with Gasteiger partial charge in [-0.2, -0.15) is 5.26 Å². The van der Waals surface area contributed by atoms with Crippen molar-refractivity contribution >= 4 is 5.91 Å². The Morgan fingerprint density at radius 1 is 1.50 bits per heavy atom. The van der Waals surface area contributed by atoms with E-state index in [1.54, 1.807) is 6.20 Å². The Morgan fingerprint density at radius 2 is 2.32 bits per heavy atom. The quantitative estimate of drug-likeness (QED) is 0.796. The fourth-order valence-electron chi connectivity index (χ4n) is 2.70. The van der Waals surface area contributed by atoms with Crippen LogP contribution >= 0.6 is 0 Å². The van der Waals surface area contributed by atoms with Crippen molar-refractivity contribution in [2.45, 2.75) is 25.0 Å². The van der Waals surface area contributed by atoms with Gasteiger partial charge in [-0.3, -0.25) is 9.78 Å². The molecule has 3 rings (SSSR count). The molecule has 0 unspecified atom stereocenters. The summed E-state index contributed by atoms with van der Waals surface area (Å²) in [7, 11) is 0. The van der Waals surface area contributed by atoms with Crippen molar-refractivity contribution in [3.05, 3.63) is 53.6 Å². The minimum absolute atomic E-state index is 0.166. The zero-order valence-corrected chi connectivity index (χ0v) is 11.9. The Bertz CT molecular complexity index is 698. The van der Waals surface area contributed by atoms with Crippen molar-refractivity contribution in [3.63, 3.8) is 0 Å². The van der Waals surface area contributed by atoms with Crippen LogP contribution < -0.4 is 5.32 Å². The third-order valence-electron chi connectivity index (χ3n) is 3.97. The molecule has 0 bridgehead atoms. The normalized spacial score (nSPS) is 21.5. The number of amides is 1. The number of aliphatic hydroxyl groups excluding tert-OH is 1. The molecule has 2 aromatic rings. The molecular weight excluding hydrogens is 280 g/mol. The van der Waals surface area contributed by atoms with Gasteiger partial charge in [0.1, 0.15) is 11.8 Å². The van der Waals surface area contributed by atoms with Gasteiger partial charge < -0.3 is 15.4 Å². The molecule has 1 atom stereocenters. The molecular formula is C16H16N4O2. The lowest BCUT2D eigenvalue weighted by Gasteiger charge is -2.37. The molecule has 1 aliphatic rings. The summed E-state index contributed by atoms with van der Waals surface area (Å²) in [6.45, 7) is 0. The van der Waals surface area contributed by atoms with Crippen LogP contribution in [0.1, 0.15) is 40.6 Å². The highest BCUT2D eigenvalue weighted by molar-refractivity contribution is 5.93. The van der Waals surface area contributed by atoms with E-state index in [9.17, 15) is 9.90 Å². The number of nitrogens with one attached hydrogen (secondary N) is 2. The highest BCUT2D eigenvalue weighted by atomic mass is 16.3. The molecule has 1 fully saturated rings. The summed E-state index contributed by atoms with van der Waals surface area (Å²) in [6, 6.07) is 8.81. The highest BCUT2D eigenvalue weighted by Crippen LogP contribution is 2.37. The van der Waals surface area contributed by atoms with E-state index in [1.807, 2.05) is 24.3 Å². The van der Waals surface area contributed by atoms with E-state index in [-0.39, 0.29) is 24.0 Å². The van der Waals surface area contributed by atoms with Crippen LogP contribution in [-0.2, 0) is 0 Å². The molecule has 6 heteroatoms. The SMILES string of the molecule is N#Cc1c[nH]c(C(=O)N[C@H](c2ccccn2)C2CC(O)C2)c1. The fraction of sp³-hybridized carbons (Fsp3) is 0.312. The second kappa shape index (κ2) is 6.00. The largest absolute Gasteiger partial charge is 0.393 e. The smallest absolute Gasteiger partial charge is 0.268 e. The number of hydrogen-bond acceptors (Lipinski definition) is 4. The molecule has 0 radical (unpaired) electrons. The first-order valence-corrected chi connectivity index (χ1v) is 7.15. The summed E-state index contributed by atoms with van der Waals surface area (Å²) in [5, 5.41) is 21.3. The summed E-state index contributed by atoms with van der Waals surface area (Å²) < 4.78 is 0. The zero-order valence-electron chi connectivity index (χ0n) is 11.9. The Balaban J connectivity index is 1.78. The number of carbonyl (C=O) groups excluding carboxylic acids is 1. The Hall–Kier alpha value is -2.65. The minimum atomic E-state index is -0.302. The van der Waals surface area contributed by atoms with E-state index in [0.29, 0.717) is 24.1 Å². The third kappa shape index (κ3) is 2.85. The predicted molar refractivity (Wildman–Crippen MR) is 78.7 cm³/mol. The van der Waals surface area contributed by atoms with Gasteiger partial charge in [-0.1, -0.05) is 6.07 Å². The molecule has 0 saturated heterocycles. The van der Waals surface area contributed by atoms with Crippen molar-refractivity contribution < 1.29 is 9.90 Å². The Kier molecular flexibility index (Phi) is 3.90. The van der Waals surface area contributed by atoms with Crippen LogP contribution in [0.25, 0.3) is 0 Å². The average molecular weight is 296 g/mol. The summed E-state index contributed by atoms with van der Waals surface area (Å²) in [5.74, 6) is -0.113. The van der Waals surface area contributed by atoms with E-state index in [0.717, 1.165) is 5.69 Å². The second-order valence-electron chi connectivity index (χ2n) is 5.50. The van der Waals surface area contributed by atoms with Crippen molar-refractivity contribution in [1.82, 2.24) is 15.3 Å². The van der Waals surface area contributed by atoms with Gasteiger partial charge >= 0.3 is 0 Å². The van der Waals surface area contributed by atoms with E-state index in [4.69, 9.17) is 5.26 Å². The van der Waals surface area contributed by atoms with Crippen molar-refractivity contribution in [2.24, 2.45) is 5.92 Å². The highest BCUT2D eigenvalue weighted by Gasteiger charge is 2.36. The molecule has 22 heavy (non-hydrogen) atoms. The maximum absolute atomic E-state index is 12.3. The van der Waals surface area contributed by atoms with Crippen molar-refractivity contribution in [3.8, 4) is 6.07 Å². The molecule has 112 valence electrons. The molecule has 1 aliphatic carbocycles. The molecule has 3 N–H and O–H groups in total. The van der Waals surface area contributed by atoms with Crippen molar-refractivity contribution in [2.75, 3.05) is 0 Å². The van der Waals surface area contributed by atoms with Crippen LogP contribution in [-0.4, -0.2) is 27.1 Å². The van der Waals surface area contributed by atoms with Gasteiger partial charge in [-0.05, 0) is 37.0 Å². The first-order chi connectivity index (χ1) is 10.7. The topological polar surface area (TPSA) is 102 Å². The number of nitrogens with zero attached hydrogens (tertiary/aromatic N) is 2. The maximum Gasteiger partial charge on any atom is 0.268 e. The van der Waals surface area contributed by atoms with Gasteiger partial charge in [0.05, 0.1) is 23.4 Å². The first-order valence-electron chi connectivity index (χ1n) is 7.15. The summed E-state index contributed by atoms with van der Waals surface area (Å²) in [4.78, 5) is 19.5. The molecule has 1 amide bonds. The minimum Gasteiger partial charge on any atom is -0.393 e. The average Bonchev–Trinajstić information content (AvgIpc) is 3.00. The number of aromatic nitrogens is 2. The fourth-order valence-corrected chi connectivity index (χ4v) is 2.70. The Morgan fingerprint density at radius 3 is 2.91 bits per heavy atom. The van der Waals surface area contributed by atoms with Crippen LogP contribution in [0.3, 0.4) is 0 Å². The van der Waals surface area contributed by atoms with E-state index >= 15 is 0 Å². The van der Waals surface area contributed by atoms with Gasteiger partial charge in [-0.15, -0.1) is 0 Å². The number of pyridine rings is 1. The number of nitriles is 1. The zero-order chi connectivity index (χ0) is 15.5. The van der Waals surface area contributed by atoms with E-state index in [1.165, 1.54) is 12.3 Å². The summed E-state index contributed by atoms with van der Waals surface area (Å²) in [5.41, 5.74) is 1.54. The second-order valence-corrected chi connectivity index (χ2v) is 5.50. The van der Waals surface area contributed by atoms with E-state index < -0.39 is 0 Å². The van der Waals surface area contributed by atoms with Gasteiger partial charge in [-0.25, -0.2) is 0 Å². The number of aromatic amines is 1. The lowest BCUT2D eigenvalue weighted by molar-refractivity contribution is 0.0228. The monoisotopic (exact) mass is 296 g/mol. The van der Waals surface area contributed by atoms with Gasteiger partial charge in [0.15, 0.2) is 0 Å². The Labute approximate surface area is 127 Å². The number of hydrogen-bond donors (Lipinski definition) is 3. The predicted octanol–water partition coefficient (Wildman–Crippen LogP) is 1.52. The lowest BCUT2D eigenvalue weighted by Crippen LogP contribution is -2.41. The van der Waals surface area contributed by atoms with Gasteiger partial charge in [0, 0.05) is 12.4 Å². The van der Waals surface area contributed by atoms with Crippen LogP contribution in [0, 0.1) is 17.2 Å². The number of aliphatic hydroxyl groups is 1. The van der Waals surface area contributed by atoms with Crippen molar-refractivity contribution in [1.29, 1.82) is 5.26 Å². The molecule has 0 aliphatic heterocycles. The molecule has 0 aromatic carbocycles. The molecule has 2 aromatic heterocycles. The summed E-state index contributed by atoms with van der Waals surface area (Å²) >= 11 is 0. The lowest BCUT2D eigenvalue weighted by atomic mass is 9.76. The van der Waals surface area contributed by atoms with Gasteiger partial charge in [0.25, 0.3) is 5.91 Å². The van der Waals surface area contributed by atoms with Crippen LogP contribution in [0.2, 0.25) is 0 Å². The number of H-pyrrole nitrogens is 1. The van der Waals surface area contributed by atoms with Crippen LogP contribution in [0.4, 0.5) is 0 Å². The number of rotatable bonds is 4. The third-order valence-corrected chi connectivity index (χ3v) is 3.97. The first kappa shape index (κ1) is 14.3. The molecule has 0 spiro atoms. The molecule has 6 nitrogen and oxygen atoms in total. The van der Waals surface area contributed by atoms with Crippen LogP contribution in [0.5, 0.6) is 0 Å².